The molecule has 1 unspecified atom stereocenters. The summed E-state index contributed by atoms with van der Waals surface area (Å²) >= 11 is 0. The quantitative estimate of drug-likeness (QED) is 0.656. The first-order valence-electron chi connectivity index (χ1n) is 6.19. The van der Waals surface area contributed by atoms with Gasteiger partial charge in [-0.1, -0.05) is 25.1 Å². The minimum absolute atomic E-state index is 0.0983. The molecule has 0 spiro atoms. The van der Waals surface area contributed by atoms with E-state index in [9.17, 15) is 0 Å². The van der Waals surface area contributed by atoms with Crippen LogP contribution in [0, 0.1) is 0 Å². The van der Waals surface area contributed by atoms with Gasteiger partial charge in [-0.25, -0.2) is 4.98 Å². The minimum atomic E-state index is 0.0983. The van der Waals surface area contributed by atoms with Crippen LogP contribution in [-0.2, 0) is 0 Å². The third kappa shape index (κ3) is 1.80. The molecule has 0 saturated carbocycles. The number of nitrogens with zero attached hydrogens (tertiary/aromatic N) is 1. The Morgan fingerprint density at radius 3 is 2.94 bits per heavy atom. The van der Waals surface area contributed by atoms with E-state index in [4.69, 9.17) is 0 Å². The first-order valence-corrected chi connectivity index (χ1v) is 6.19. The first kappa shape index (κ1) is 11.0. The van der Waals surface area contributed by atoms with Crippen LogP contribution in [0.2, 0.25) is 0 Å². The number of hydrogen-bond donors (Lipinski definition) is 3. The van der Waals surface area contributed by atoms with Gasteiger partial charge in [0.15, 0.2) is 0 Å². The SMILES string of the molecule is CCNC(c1ncc[nH]1)c1c[nH]c2ccccc12. The monoisotopic (exact) mass is 240 g/mol. The number of H-pyrrole nitrogens is 2. The molecule has 2 heterocycles. The Morgan fingerprint density at radius 2 is 2.17 bits per heavy atom. The van der Waals surface area contributed by atoms with Crippen molar-refractivity contribution in [1.82, 2.24) is 20.3 Å². The predicted octanol–water partition coefficient (Wildman–Crippen LogP) is 2.59. The summed E-state index contributed by atoms with van der Waals surface area (Å²) < 4.78 is 0. The van der Waals surface area contributed by atoms with Crippen molar-refractivity contribution >= 4 is 10.9 Å². The highest BCUT2D eigenvalue weighted by Gasteiger charge is 2.18. The standard InChI is InChI=1S/C14H16N4/c1-2-15-13(14-16-7-8-17-14)11-9-18-12-6-4-3-5-10(11)12/h3-9,13,15,18H,2H2,1H3,(H,16,17). The van der Waals surface area contributed by atoms with Crippen LogP contribution in [-0.4, -0.2) is 21.5 Å². The van der Waals surface area contributed by atoms with Gasteiger partial charge in [0.05, 0.1) is 6.04 Å². The van der Waals surface area contributed by atoms with Gasteiger partial charge in [-0.2, -0.15) is 0 Å². The van der Waals surface area contributed by atoms with Gasteiger partial charge in [-0.3, -0.25) is 0 Å². The highest BCUT2D eigenvalue weighted by Crippen LogP contribution is 2.26. The molecule has 0 bridgehead atoms. The Hall–Kier alpha value is -2.07. The second-order valence-electron chi connectivity index (χ2n) is 4.25. The number of aromatic nitrogens is 3. The van der Waals surface area contributed by atoms with Crippen LogP contribution in [0.15, 0.2) is 42.9 Å². The number of imidazole rings is 1. The Kier molecular flexibility index (Phi) is 2.86. The average Bonchev–Trinajstić information content (AvgIpc) is 3.06. The summed E-state index contributed by atoms with van der Waals surface area (Å²) in [4.78, 5) is 10.9. The predicted molar refractivity (Wildman–Crippen MR) is 72.4 cm³/mol. The number of rotatable bonds is 4. The molecule has 3 N–H and O–H groups in total. The molecule has 18 heavy (non-hydrogen) atoms. The number of para-hydroxylation sites is 1. The zero-order chi connectivity index (χ0) is 12.4. The molecular formula is C14H16N4. The zero-order valence-electron chi connectivity index (χ0n) is 10.3. The topological polar surface area (TPSA) is 56.5 Å². The van der Waals surface area contributed by atoms with Gasteiger partial charge in [0.25, 0.3) is 0 Å². The fourth-order valence-corrected chi connectivity index (χ4v) is 2.33. The molecule has 0 amide bonds. The smallest absolute Gasteiger partial charge is 0.127 e. The molecule has 2 aromatic heterocycles. The lowest BCUT2D eigenvalue weighted by atomic mass is 10.1. The first-order chi connectivity index (χ1) is 8.90. The Bertz CT molecular complexity index is 624. The summed E-state index contributed by atoms with van der Waals surface area (Å²) in [5.41, 5.74) is 2.38. The van der Waals surface area contributed by atoms with E-state index >= 15 is 0 Å². The molecule has 0 aliphatic heterocycles. The van der Waals surface area contributed by atoms with Crippen molar-refractivity contribution in [1.29, 1.82) is 0 Å². The van der Waals surface area contributed by atoms with Crippen LogP contribution >= 0.6 is 0 Å². The van der Waals surface area contributed by atoms with Crippen LogP contribution < -0.4 is 5.32 Å². The molecule has 4 nitrogen and oxygen atoms in total. The fourth-order valence-electron chi connectivity index (χ4n) is 2.33. The van der Waals surface area contributed by atoms with Crippen molar-refractivity contribution < 1.29 is 0 Å². The number of aromatic amines is 2. The molecule has 0 saturated heterocycles. The van der Waals surface area contributed by atoms with E-state index < -0.39 is 0 Å². The lowest BCUT2D eigenvalue weighted by Gasteiger charge is -2.14. The maximum Gasteiger partial charge on any atom is 0.127 e. The maximum absolute atomic E-state index is 4.37. The summed E-state index contributed by atoms with van der Waals surface area (Å²) in [5, 5.41) is 4.70. The second kappa shape index (κ2) is 4.66. The number of benzene rings is 1. The zero-order valence-corrected chi connectivity index (χ0v) is 10.3. The Balaban J connectivity index is 2.10. The molecule has 0 fully saturated rings. The van der Waals surface area contributed by atoms with E-state index in [1.54, 1.807) is 6.20 Å². The van der Waals surface area contributed by atoms with E-state index in [2.05, 4.69) is 51.6 Å². The summed E-state index contributed by atoms with van der Waals surface area (Å²) in [6.45, 7) is 3.00. The van der Waals surface area contributed by atoms with Crippen LogP contribution in [0.4, 0.5) is 0 Å². The van der Waals surface area contributed by atoms with Gasteiger partial charge in [0.2, 0.25) is 0 Å². The second-order valence-corrected chi connectivity index (χ2v) is 4.25. The number of nitrogens with one attached hydrogen (secondary N) is 3. The van der Waals surface area contributed by atoms with E-state index in [-0.39, 0.29) is 6.04 Å². The van der Waals surface area contributed by atoms with Crippen LogP contribution in [0.5, 0.6) is 0 Å². The van der Waals surface area contributed by atoms with E-state index in [1.165, 1.54) is 10.9 Å². The number of fused-ring (bicyclic) bond motifs is 1. The normalized spacial score (nSPS) is 12.9. The van der Waals surface area contributed by atoms with Crippen molar-refractivity contribution in [3.8, 4) is 0 Å². The van der Waals surface area contributed by atoms with E-state index in [0.29, 0.717) is 0 Å². The molecule has 3 rings (SSSR count). The van der Waals surface area contributed by atoms with Gasteiger partial charge in [0.1, 0.15) is 5.82 Å². The highest BCUT2D eigenvalue weighted by atomic mass is 15.0. The van der Waals surface area contributed by atoms with Crippen LogP contribution in [0.3, 0.4) is 0 Å². The van der Waals surface area contributed by atoms with E-state index in [1.807, 2.05) is 12.3 Å². The molecule has 0 radical (unpaired) electrons. The highest BCUT2D eigenvalue weighted by molar-refractivity contribution is 5.83. The lowest BCUT2D eigenvalue weighted by molar-refractivity contribution is 0.607. The number of hydrogen-bond acceptors (Lipinski definition) is 2. The fraction of sp³-hybridized carbons (Fsp3) is 0.214. The Morgan fingerprint density at radius 1 is 1.28 bits per heavy atom. The minimum Gasteiger partial charge on any atom is -0.361 e. The van der Waals surface area contributed by atoms with Gasteiger partial charge in [-0.15, -0.1) is 0 Å². The van der Waals surface area contributed by atoms with Gasteiger partial charge in [0, 0.05) is 35.1 Å². The van der Waals surface area contributed by atoms with Crippen molar-refractivity contribution in [2.75, 3.05) is 6.54 Å². The molecular weight excluding hydrogens is 224 g/mol. The van der Waals surface area contributed by atoms with Gasteiger partial charge in [-0.05, 0) is 12.6 Å². The molecule has 1 aromatic carbocycles. The molecule has 92 valence electrons. The molecule has 1 atom stereocenters. The molecule has 3 aromatic rings. The molecule has 0 aliphatic rings. The summed E-state index contributed by atoms with van der Waals surface area (Å²) in [7, 11) is 0. The molecule has 0 aliphatic carbocycles. The molecule has 4 heteroatoms. The summed E-state index contributed by atoms with van der Waals surface area (Å²) in [6.07, 6.45) is 5.70. The Labute approximate surface area is 105 Å². The third-order valence-electron chi connectivity index (χ3n) is 3.13. The van der Waals surface area contributed by atoms with Crippen molar-refractivity contribution in [2.24, 2.45) is 0 Å². The van der Waals surface area contributed by atoms with Crippen molar-refractivity contribution in [3.05, 3.63) is 54.2 Å². The van der Waals surface area contributed by atoms with Crippen LogP contribution in [0.25, 0.3) is 10.9 Å². The van der Waals surface area contributed by atoms with E-state index in [0.717, 1.165) is 17.9 Å². The van der Waals surface area contributed by atoms with Crippen LogP contribution in [0.1, 0.15) is 24.4 Å². The average molecular weight is 240 g/mol. The maximum atomic E-state index is 4.37. The third-order valence-corrected chi connectivity index (χ3v) is 3.13. The summed E-state index contributed by atoms with van der Waals surface area (Å²) in [5.74, 6) is 0.946. The lowest BCUT2D eigenvalue weighted by Crippen LogP contribution is -2.22. The van der Waals surface area contributed by atoms with Gasteiger partial charge >= 0.3 is 0 Å². The summed E-state index contributed by atoms with van der Waals surface area (Å²) in [6, 6.07) is 8.42. The van der Waals surface area contributed by atoms with Gasteiger partial charge < -0.3 is 15.3 Å². The largest absolute Gasteiger partial charge is 0.361 e. The van der Waals surface area contributed by atoms with Crippen molar-refractivity contribution in [2.45, 2.75) is 13.0 Å². The van der Waals surface area contributed by atoms with Crippen molar-refractivity contribution in [3.63, 3.8) is 0 Å².